The SMILES string of the molecule is O=C1C2CCC1C2NCCc1ccccc1. The Kier molecular flexibility index (Phi) is 2.52. The maximum atomic E-state index is 11.4. The molecule has 2 nitrogen and oxygen atoms in total. The van der Waals surface area contributed by atoms with Gasteiger partial charge in [-0.25, -0.2) is 0 Å². The number of Topliss-reactive ketones (excluding diaryl/α,β-unsaturated/α-hetero) is 1. The van der Waals surface area contributed by atoms with Crippen molar-refractivity contribution >= 4 is 5.78 Å². The van der Waals surface area contributed by atoms with Crippen LogP contribution in [0.4, 0.5) is 0 Å². The highest BCUT2D eigenvalue weighted by Gasteiger charge is 2.54. The first kappa shape index (κ1) is 10.0. The highest BCUT2D eigenvalue weighted by molar-refractivity contribution is 5.93. The maximum absolute atomic E-state index is 11.4. The Morgan fingerprint density at radius 1 is 1.12 bits per heavy atom. The second-order valence-corrected chi connectivity index (χ2v) is 4.91. The minimum absolute atomic E-state index is 0.348. The van der Waals surface area contributed by atoms with Crippen molar-refractivity contribution in [1.82, 2.24) is 5.32 Å². The number of nitrogens with one attached hydrogen (secondary N) is 1. The van der Waals surface area contributed by atoms with Gasteiger partial charge in [-0.3, -0.25) is 4.79 Å². The van der Waals surface area contributed by atoms with E-state index >= 15 is 0 Å². The van der Waals surface area contributed by atoms with Crippen LogP contribution in [0.5, 0.6) is 0 Å². The molecular formula is C14H17NO. The first-order chi connectivity index (χ1) is 7.86. The molecule has 0 amide bonds. The summed E-state index contributed by atoms with van der Waals surface area (Å²) < 4.78 is 0. The predicted molar refractivity (Wildman–Crippen MR) is 63.2 cm³/mol. The average molecular weight is 215 g/mol. The number of fused-ring (bicyclic) bond motifs is 1. The summed E-state index contributed by atoms with van der Waals surface area (Å²) in [5, 5.41) is 3.54. The number of ketones is 1. The molecule has 2 atom stereocenters. The molecule has 16 heavy (non-hydrogen) atoms. The molecule has 3 saturated carbocycles. The van der Waals surface area contributed by atoms with E-state index in [1.165, 1.54) is 5.56 Å². The van der Waals surface area contributed by atoms with Crippen molar-refractivity contribution in [3.63, 3.8) is 0 Å². The van der Waals surface area contributed by atoms with E-state index < -0.39 is 0 Å². The van der Waals surface area contributed by atoms with Crippen LogP contribution in [-0.2, 0) is 11.2 Å². The zero-order chi connectivity index (χ0) is 11.0. The van der Waals surface area contributed by atoms with Gasteiger partial charge in [0.2, 0.25) is 0 Å². The van der Waals surface area contributed by atoms with Gasteiger partial charge in [-0.05, 0) is 31.4 Å². The normalized spacial score (nSPS) is 31.5. The number of hydrogen-bond acceptors (Lipinski definition) is 2. The number of hydrogen-bond donors (Lipinski definition) is 1. The van der Waals surface area contributed by atoms with E-state index in [1.807, 2.05) is 6.07 Å². The minimum Gasteiger partial charge on any atom is -0.312 e. The monoisotopic (exact) mass is 215 g/mol. The Hall–Kier alpha value is -1.15. The van der Waals surface area contributed by atoms with Gasteiger partial charge in [0, 0.05) is 17.9 Å². The molecule has 0 spiro atoms. The van der Waals surface area contributed by atoms with E-state index in [1.54, 1.807) is 0 Å². The summed E-state index contributed by atoms with van der Waals surface area (Å²) in [4.78, 5) is 11.4. The summed E-state index contributed by atoms with van der Waals surface area (Å²) in [6, 6.07) is 11.0. The summed E-state index contributed by atoms with van der Waals surface area (Å²) in [6.45, 7) is 0.995. The van der Waals surface area contributed by atoms with Crippen LogP contribution < -0.4 is 5.32 Å². The average Bonchev–Trinajstić information content (AvgIpc) is 2.91. The highest BCUT2D eigenvalue weighted by atomic mass is 16.1. The molecule has 3 fully saturated rings. The molecule has 0 radical (unpaired) electrons. The van der Waals surface area contributed by atoms with Gasteiger partial charge in [0.1, 0.15) is 5.78 Å². The van der Waals surface area contributed by atoms with Crippen molar-refractivity contribution in [1.29, 1.82) is 0 Å². The van der Waals surface area contributed by atoms with Gasteiger partial charge in [-0.1, -0.05) is 30.3 Å². The maximum Gasteiger partial charge on any atom is 0.142 e. The van der Waals surface area contributed by atoms with Crippen LogP contribution in [-0.4, -0.2) is 18.4 Å². The lowest BCUT2D eigenvalue weighted by Crippen LogP contribution is -2.54. The Labute approximate surface area is 96.1 Å². The van der Waals surface area contributed by atoms with Gasteiger partial charge in [0.25, 0.3) is 0 Å². The van der Waals surface area contributed by atoms with Crippen molar-refractivity contribution in [2.45, 2.75) is 25.3 Å². The molecule has 1 aromatic carbocycles. The molecule has 0 heterocycles. The quantitative estimate of drug-likeness (QED) is 0.829. The lowest BCUT2D eigenvalue weighted by atomic mass is 9.77. The Morgan fingerprint density at radius 3 is 2.44 bits per heavy atom. The molecule has 2 bridgehead atoms. The molecular weight excluding hydrogens is 198 g/mol. The molecule has 84 valence electrons. The largest absolute Gasteiger partial charge is 0.312 e. The summed E-state index contributed by atoms with van der Waals surface area (Å²) in [5.41, 5.74) is 1.37. The van der Waals surface area contributed by atoms with Crippen molar-refractivity contribution in [3.05, 3.63) is 35.9 Å². The minimum atomic E-state index is 0.348. The van der Waals surface area contributed by atoms with Crippen LogP contribution in [0.25, 0.3) is 0 Å². The fourth-order valence-corrected chi connectivity index (χ4v) is 3.11. The summed E-state index contributed by atoms with van der Waals surface area (Å²) in [7, 11) is 0. The second kappa shape index (κ2) is 4.02. The first-order valence-electron chi connectivity index (χ1n) is 6.17. The van der Waals surface area contributed by atoms with Crippen LogP contribution in [0.2, 0.25) is 0 Å². The molecule has 2 heteroatoms. The molecule has 4 rings (SSSR count). The van der Waals surface area contributed by atoms with Gasteiger partial charge in [-0.2, -0.15) is 0 Å². The highest BCUT2D eigenvalue weighted by Crippen LogP contribution is 2.45. The zero-order valence-corrected chi connectivity index (χ0v) is 9.36. The number of carbonyl (C=O) groups is 1. The summed E-state index contributed by atoms with van der Waals surface area (Å²) >= 11 is 0. The van der Waals surface area contributed by atoms with E-state index in [4.69, 9.17) is 0 Å². The molecule has 3 aliphatic rings. The smallest absolute Gasteiger partial charge is 0.142 e. The van der Waals surface area contributed by atoms with Crippen molar-refractivity contribution in [2.24, 2.45) is 11.8 Å². The van der Waals surface area contributed by atoms with Gasteiger partial charge >= 0.3 is 0 Å². The molecule has 0 saturated heterocycles. The number of benzene rings is 1. The van der Waals surface area contributed by atoms with Crippen LogP contribution in [0.15, 0.2) is 30.3 Å². The summed E-state index contributed by atoms with van der Waals surface area (Å²) in [6.07, 6.45) is 3.30. The Balaban J connectivity index is 1.47. The van der Waals surface area contributed by atoms with Gasteiger partial charge in [-0.15, -0.1) is 0 Å². The standard InChI is InChI=1S/C14H17NO/c16-14-11-6-7-12(14)13(11)15-9-8-10-4-2-1-3-5-10/h1-5,11-13,15H,6-9H2. The number of rotatable bonds is 4. The topological polar surface area (TPSA) is 29.1 Å². The number of carbonyl (C=O) groups excluding carboxylic acids is 1. The predicted octanol–water partition coefficient (Wildman–Crippen LogP) is 1.80. The van der Waals surface area contributed by atoms with Crippen molar-refractivity contribution in [2.75, 3.05) is 6.54 Å². The van der Waals surface area contributed by atoms with E-state index in [2.05, 4.69) is 29.6 Å². The Morgan fingerprint density at radius 2 is 1.81 bits per heavy atom. The van der Waals surface area contributed by atoms with Crippen molar-refractivity contribution < 1.29 is 4.79 Å². The fraction of sp³-hybridized carbons (Fsp3) is 0.500. The molecule has 1 N–H and O–H groups in total. The van der Waals surface area contributed by atoms with Gasteiger partial charge in [0.15, 0.2) is 0 Å². The zero-order valence-electron chi connectivity index (χ0n) is 9.36. The van der Waals surface area contributed by atoms with Crippen LogP contribution in [0.3, 0.4) is 0 Å². The van der Waals surface area contributed by atoms with Crippen LogP contribution >= 0.6 is 0 Å². The third-order valence-corrected chi connectivity index (χ3v) is 4.02. The Bertz CT molecular complexity index is 373. The van der Waals surface area contributed by atoms with E-state index in [0.29, 0.717) is 23.7 Å². The van der Waals surface area contributed by atoms with E-state index in [0.717, 1.165) is 25.8 Å². The first-order valence-corrected chi connectivity index (χ1v) is 6.17. The lowest BCUT2D eigenvalue weighted by Gasteiger charge is -2.34. The summed E-state index contributed by atoms with van der Waals surface area (Å²) in [5.74, 6) is 1.21. The third-order valence-electron chi connectivity index (χ3n) is 4.02. The van der Waals surface area contributed by atoms with Crippen LogP contribution in [0, 0.1) is 11.8 Å². The molecule has 1 aromatic rings. The molecule has 0 aliphatic heterocycles. The molecule has 2 unspecified atom stereocenters. The van der Waals surface area contributed by atoms with Gasteiger partial charge < -0.3 is 5.32 Å². The van der Waals surface area contributed by atoms with Crippen LogP contribution in [0.1, 0.15) is 18.4 Å². The lowest BCUT2D eigenvalue weighted by molar-refractivity contribution is -0.133. The second-order valence-electron chi connectivity index (χ2n) is 4.91. The van der Waals surface area contributed by atoms with E-state index in [-0.39, 0.29) is 0 Å². The molecule has 0 aromatic heterocycles. The van der Waals surface area contributed by atoms with E-state index in [9.17, 15) is 4.79 Å². The fourth-order valence-electron chi connectivity index (χ4n) is 3.11. The molecule has 3 aliphatic carbocycles. The van der Waals surface area contributed by atoms with Gasteiger partial charge in [0.05, 0.1) is 0 Å². The van der Waals surface area contributed by atoms with Crippen molar-refractivity contribution in [3.8, 4) is 0 Å². The third kappa shape index (κ3) is 1.57.